The van der Waals surface area contributed by atoms with E-state index in [1.165, 1.54) is 6.08 Å². The van der Waals surface area contributed by atoms with Crippen LogP contribution in [0, 0.1) is 0 Å². The van der Waals surface area contributed by atoms with E-state index >= 15 is 0 Å². The number of aromatic hydroxyl groups is 1. The molecule has 0 aliphatic rings. The van der Waals surface area contributed by atoms with Crippen molar-refractivity contribution in [3.05, 3.63) is 49.6 Å². The highest BCUT2D eigenvalue weighted by molar-refractivity contribution is 7.11. The van der Waals surface area contributed by atoms with Crippen LogP contribution in [0.3, 0.4) is 0 Å². The Kier molecular flexibility index (Phi) is 4.49. The van der Waals surface area contributed by atoms with Gasteiger partial charge in [0.2, 0.25) is 0 Å². The zero-order chi connectivity index (χ0) is 15.4. The molecule has 2 aromatic heterocycles. The number of aromatic amines is 1. The number of nitrogens with zero attached hydrogens (tertiary/aromatic N) is 2. The van der Waals surface area contributed by atoms with Gasteiger partial charge in [-0.25, -0.2) is 0 Å². The van der Waals surface area contributed by atoms with E-state index in [0.717, 1.165) is 19.0 Å². The molecule has 0 saturated carbocycles. The van der Waals surface area contributed by atoms with Gasteiger partial charge in [0.15, 0.2) is 10.8 Å². The molecule has 110 valence electrons. The summed E-state index contributed by atoms with van der Waals surface area (Å²) in [6, 6.07) is 0. The molecule has 0 aliphatic heterocycles. The van der Waals surface area contributed by atoms with Crippen LogP contribution in [0.15, 0.2) is 28.1 Å². The average molecular weight is 307 g/mol. The highest BCUT2D eigenvalue weighted by Gasteiger charge is 2.15. The molecule has 0 unspecified atom stereocenters. The maximum Gasteiger partial charge on any atom is 0.310 e. The number of aromatic nitrogens is 3. The first kappa shape index (κ1) is 14.9. The van der Waals surface area contributed by atoms with E-state index in [1.807, 2.05) is 11.9 Å². The lowest BCUT2D eigenvalue weighted by atomic mass is 10.2. The Morgan fingerprint density at radius 2 is 2.29 bits per heavy atom. The van der Waals surface area contributed by atoms with Crippen molar-refractivity contribution in [1.29, 1.82) is 0 Å². The summed E-state index contributed by atoms with van der Waals surface area (Å²) in [6.45, 7) is 2.80. The Balaban J connectivity index is 2.23. The number of ketones is 1. The molecule has 2 N–H and O–H groups in total. The summed E-state index contributed by atoms with van der Waals surface area (Å²) < 4.78 is 1.74. The van der Waals surface area contributed by atoms with Gasteiger partial charge in [-0.15, -0.1) is 0 Å². The molecule has 0 saturated heterocycles. The van der Waals surface area contributed by atoms with Gasteiger partial charge < -0.3 is 5.11 Å². The third-order valence-corrected chi connectivity index (χ3v) is 3.31. The Morgan fingerprint density at radius 3 is 2.95 bits per heavy atom. The maximum absolute atomic E-state index is 11.9. The van der Waals surface area contributed by atoms with Crippen LogP contribution in [0.25, 0.3) is 6.08 Å². The molecule has 21 heavy (non-hydrogen) atoms. The first-order chi connectivity index (χ1) is 10.0. The minimum absolute atomic E-state index is 0.407. The van der Waals surface area contributed by atoms with E-state index in [-0.39, 0.29) is 0 Å². The second-order valence-electron chi connectivity index (χ2n) is 4.26. The van der Waals surface area contributed by atoms with Gasteiger partial charge in [-0.3, -0.25) is 24.0 Å². The number of carbonyl (C=O) groups is 1. The van der Waals surface area contributed by atoms with Crippen molar-refractivity contribution in [2.75, 3.05) is 0 Å². The van der Waals surface area contributed by atoms with Crippen molar-refractivity contribution in [2.45, 2.75) is 19.9 Å². The first-order valence-corrected chi connectivity index (χ1v) is 7.04. The standard InChI is InChI=1S/C13H13N3O4S/c1-2-5-16-7-8(6-14-16)3-4-9(17)10-11(18)15-13(20)21-12(10)19/h3-4,6-7,19H,2,5H2,1H3,(H,15,18,20)/b4-3+. The molecule has 2 heterocycles. The largest absolute Gasteiger partial charge is 0.499 e. The zero-order valence-electron chi connectivity index (χ0n) is 11.2. The Morgan fingerprint density at radius 1 is 1.52 bits per heavy atom. The fourth-order valence-corrected chi connectivity index (χ4v) is 2.32. The van der Waals surface area contributed by atoms with Gasteiger partial charge in [0.25, 0.3) is 5.56 Å². The summed E-state index contributed by atoms with van der Waals surface area (Å²) in [4.78, 5) is 35.7. The van der Waals surface area contributed by atoms with Crippen LogP contribution < -0.4 is 10.4 Å². The lowest BCUT2D eigenvalue weighted by Gasteiger charge is -1.96. The molecule has 8 heteroatoms. The van der Waals surface area contributed by atoms with E-state index in [4.69, 9.17) is 0 Å². The van der Waals surface area contributed by atoms with Crippen molar-refractivity contribution in [3.8, 4) is 5.06 Å². The van der Waals surface area contributed by atoms with Crippen molar-refractivity contribution in [2.24, 2.45) is 0 Å². The lowest BCUT2D eigenvalue weighted by molar-refractivity contribution is 0.104. The van der Waals surface area contributed by atoms with Gasteiger partial charge in [0, 0.05) is 18.3 Å². The summed E-state index contributed by atoms with van der Waals surface area (Å²) >= 11 is 0.407. The van der Waals surface area contributed by atoms with Crippen molar-refractivity contribution >= 4 is 23.2 Å². The predicted octanol–water partition coefficient (Wildman–Crippen LogP) is 1.00. The number of rotatable bonds is 5. The van der Waals surface area contributed by atoms with Crippen LogP contribution >= 0.6 is 11.3 Å². The molecule has 0 fully saturated rings. The van der Waals surface area contributed by atoms with Crippen LogP contribution in [-0.4, -0.2) is 25.7 Å². The summed E-state index contributed by atoms with van der Waals surface area (Å²) in [5, 5.41) is 13.1. The van der Waals surface area contributed by atoms with Gasteiger partial charge in [0.1, 0.15) is 5.56 Å². The van der Waals surface area contributed by atoms with Gasteiger partial charge in [-0.05, 0) is 29.9 Å². The van der Waals surface area contributed by atoms with Crippen LogP contribution in [0.1, 0.15) is 29.3 Å². The van der Waals surface area contributed by atoms with Crippen LogP contribution in [0.5, 0.6) is 5.06 Å². The number of allylic oxidation sites excluding steroid dienone is 1. The van der Waals surface area contributed by atoms with Crippen LogP contribution in [-0.2, 0) is 6.54 Å². The van der Waals surface area contributed by atoms with Gasteiger partial charge in [-0.2, -0.15) is 5.10 Å². The number of aryl methyl sites for hydroxylation is 1. The van der Waals surface area contributed by atoms with E-state index < -0.39 is 26.8 Å². The number of hydrogen-bond acceptors (Lipinski definition) is 6. The maximum atomic E-state index is 11.9. The summed E-state index contributed by atoms with van der Waals surface area (Å²) in [5.74, 6) is -0.673. The van der Waals surface area contributed by atoms with Crippen LogP contribution in [0.4, 0.5) is 0 Å². The van der Waals surface area contributed by atoms with Crippen LogP contribution in [0.2, 0.25) is 0 Å². The molecule has 0 atom stereocenters. The molecule has 0 radical (unpaired) electrons. The molecule has 0 bridgehead atoms. The number of hydrogen-bond donors (Lipinski definition) is 2. The second-order valence-corrected chi connectivity index (χ2v) is 5.22. The van der Waals surface area contributed by atoms with Crippen molar-refractivity contribution in [3.63, 3.8) is 0 Å². The fourth-order valence-electron chi connectivity index (χ4n) is 1.71. The topological polar surface area (TPSA) is 105 Å². The molecular weight excluding hydrogens is 294 g/mol. The highest BCUT2D eigenvalue weighted by Crippen LogP contribution is 2.15. The minimum atomic E-state index is -0.896. The normalized spacial score (nSPS) is 11.1. The molecular formula is C13H13N3O4S. The molecule has 0 spiro atoms. The molecule has 0 aliphatic carbocycles. The Labute approximate surface area is 123 Å². The lowest BCUT2D eigenvalue weighted by Crippen LogP contribution is -2.22. The first-order valence-electron chi connectivity index (χ1n) is 6.22. The molecule has 2 rings (SSSR count). The molecule has 0 amide bonds. The second kappa shape index (κ2) is 6.31. The quantitative estimate of drug-likeness (QED) is 0.633. The van der Waals surface area contributed by atoms with E-state index in [0.29, 0.717) is 16.9 Å². The van der Waals surface area contributed by atoms with Crippen molar-refractivity contribution < 1.29 is 9.90 Å². The monoisotopic (exact) mass is 307 g/mol. The highest BCUT2D eigenvalue weighted by atomic mass is 32.1. The Hall–Kier alpha value is -2.48. The third kappa shape index (κ3) is 3.54. The van der Waals surface area contributed by atoms with E-state index in [9.17, 15) is 19.5 Å². The smallest absolute Gasteiger partial charge is 0.310 e. The summed E-state index contributed by atoms with van der Waals surface area (Å²) in [6.07, 6.45) is 6.95. The zero-order valence-corrected chi connectivity index (χ0v) is 12.0. The third-order valence-electron chi connectivity index (χ3n) is 2.63. The predicted molar refractivity (Wildman–Crippen MR) is 78.8 cm³/mol. The summed E-state index contributed by atoms with van der Waals surface area (Å²) in [7, 11) is 0. The average Bonchev–Trinajstić information content (AvgIpc) is 2.83. The fraction of sp³-hybridized carbons (Fsp3) is 0.231. The Bertz CT molecular complexity index is 800. The van der Waals surface area contributed by atoms with E-state index in [2.05, 4.69) is 5.10 Å². The number of H-pyrrole nitrogens is 1. The summed E-state index contributed by atoms with van der Waals surface area (Å²) in [5.41, 5.74) is -0.624. The minimum Gasteiger partial charge on any atom is -0.499 e. The van der Waals surface area contributed by atoms with Crippen molar-refractivity contribution in [1.82, 2.24) is 14.8 Å². The molecule has 0 aromatic carbocycles. The van der Waals surface area contributed by atoms with E-state index in [1.54, 1.807) is 17.1 Å². The molecule has 7 nitrogen and oxygen atoms in total. The van der Waals surface area contributed by atoms with Gasteiger partial charge in [-0.1, -0.05) is 6.92 Å². The SMILES string of the molecule is CCCn1cc(/C=C/C(=O)c2c(O)sc(=O)[nH]c2=O)cn1. The molecule has 2 aromatic rings. The number of carbonyl (C=O) groups excluding carboxylic acids is 1. The van der Waals surface area contributed by atoms with Gasteiger partial charge in [0.05, 0.1) is 6.20 Å². The van der Waals surface area contributed by atoms with Gasteiger partial charge >= 0.3 is 4.87 Å². The number of nitrogens with one attached hydrogen (secondary N) is 1.